The van der Waals surface area contributed by atoms with Gasteiger partial charge in [-0.05, 0) is 12.8 Å². The lowest BCUT2D eigenvalue weighted by atomic mass is 9.91. The number of aliphatic hydroxyl groups excluding tert-OH is 1. The van der Waals surface area contributed by atoms with Crippen LogP contribution in [0.2, 0.25) is 0 Å². The highest BCUT2D eigenvalue weighted by Crippen LogP contribution is 2.24. The monoisotopic (exact) mass is 309 g/mol. The Morgan fingerprint density at radius 3 is 3.00 bits per heavy atom. The van der Waals surface area contributed by atoms with Gasteiger partial charge in [0.05, 0.1) is 12.1 Å². The number of fused-ring (bicyclic) bond motifs is 1. The van der Waals surface area contributed by atoms with E-state index in [1.165, 1.54) is 22.9 Å². The van der Waals surface area contributed by atoms with E-state index in [0.717, 1.165) is 25.0 Å². The minimum atomic E-state index is -0.506. The molecule has 114 valence electrons. The second-order valence-electron chi connectivity index (χ2n) is 5.59. The Labute approximate surface area is 127 Å². The van der Waals surface area contributed by atoms with Gasteiger partial charge in [0, 0.05) is 25.5 Å². The fourth-order valence-electron chi connectivity index (χ4n) is 3.05. The third-order valence-electron chi connectivity index (χ3n) is 4.30. The number of rotatable bonds is 2. The molecule has 1 N–H and O–H groups in total. The Bertz CT molecular complexity index is 616. The molecule has 7 heteroatoms. The van der Waals surface area contributed by atoms with Gasteiger partial charge in [0.2, 0.25) is 0 Å². The second kappa shape index (κ2) is 5.81. The van der Waals surface area contributed by atoms with Crippen LogP contribution >= 0.6 is 11.8 Å². The van der Waals surface area contributed by atoms with Crippen molar-refractivity contribution >= 4 is 17.7 Å². The zero-order valence-electron chi connectivity index (χ0n) is 12.0. The Morgan fingerprint density at radius 2 is 2.24 bits per heavy atom. The molecule has 1 fully saturated rings. The van der Waals surface area contributed by atoms with Crippen LogP contribution in [0.5, 0.6) is 0 Å². The largest absolute Gasteiger partial charge is 0.391 e. The summed E-state index contributed by atoms with van der Waals surface area (Å²) in [6.07, 6.45) is 4.34. The van der Waals surface area contributed by atoms with Crippen LogP contribution in [0.25, 0.3) is 0 Å². The van der Waals surface area contributed by atoms with Gasteiger partial charge >= 0.3 is 0 Å². The summed E-state index contributed by atoms with van der Waals surface area (Å²) in [6.45, 7) is 0.600. The summed E-state index contributed by atoms with van der Waals surface area (Å²) < 4.78 is 1.56. The van der Waals surface area contributed by atoms with Crippen LogP contribution in [0.3, 0.4) is 0 Å². The minimum absolute atomic E-state index is 0.0986. The van der Waals surface area contributed by atoms with Gasteiger partial charge in [0.25, 0.3) is 11.5 Å². The summed E-state index contributed by atoms with van der Waals surface area (Å²) in [5, 5.41) is 10.7. The van der Waals surface area contributed by atoms with E-state index in [-0.39, 0.29) is 23.1 Å². The number of thioether (sulfide) groups is 1. The summed E-state index contributed by atoms with van der Waals surface area (Å²) in [4.78, 5) is 30.7. The molecule has 0 radical (unpaired) electrons. The fourth-order valence-corrected chi connectivity index (χ4v) is 3.96. The molecule has 1 aliphatic heterocycles. The number of aromatic nitrogens is 2. The summed E-state index contributed by atoms with van der Waals surface area (Å²) in [5.74, 6) is 0.475. The zero-order valence-corrected chi connectivity index (χ0v) is 12.8. The van der Waals surface area contributed by atoms with E-state index in [2.05, 4.69) is 4.98 Å². The molecular formula is C14H19N3O3S. The van der Waals surface area contributed by atoms with E-state index < -0.39 is 6.10 Å². The summed E-state index contributed by atoms with van der Waals surface area (Å²) >= 11 is 1.53. The second-order valence-corrected chi connectivity index (χ2v) is 6.66. The van der Waals surface area contributed by atoms with Gasteiger partial charge in [0.15, 0.2) is 5.16 Å². The summed E-state index contributed by atoms with van der Waals surface area (Å²) in [7, 11) is 1.66. The molecule has 2 aliphatic rings. The van der Waals surface area contributed by atoms with Crippen LogP contribution in [0.15, 0.2) is 16.1 Å². The normalized spacial score (nSPS) is 24.7. The Balaban J connectivity index is 1.87. The van der Waals surface area contributed by atoms with Crippen molar-refractivity contribution in [3.05, 3.63) is 22.1 Å². The van der Waals surface area contributed by atoms with Crippen molar-refractivity contribution in [3.8, 4) is 0 Å². The molecule has 0 saturated heterocycles. The van der Waals surface area contributed by atoms with Crippen molar-refractivity contribution in [1.29, 1.82) is 0 Å². The van der Waals surface area contributed by atoms with Gasteiger partial charge in [-0.1, -0.05) is 24.6 Å². The summed E-state index contributed by atoms with van der Waals surface area (Å²) in [6, 6.07) is -0.210. The number of hydrogen-bond acceptors (Lipinski definition) is 5. The lowest BCUT2D eigenvalue weighted by Gasteiger charge is -2.35. The highest BCUT2D eigenvalue weighted by molar-refractivity contribution is 7.99. The topological polar surface area (TPSA) is 75.4 Å². The molecule has 21 heavy (non-hydrogen) atoms. The molecule has 0 bridgehead atoms. The van der Waals surface area contributed by atoms with E-state index in [1.54, 1.807) is 11.6 Å². The predicted octanol–water partition coefficient (Wildman–Crippen LogP) is 0.724. The molecule has 1 aliphatic carbocycles. The molecule has 2 unspecified atom stereocenters. The maximum atomic E-state index is 12.6. The van der Waals surface area contributed by atoms with Crippen molar-refractivity contribution in [2.45, 2.75) is 49.5 Å². The van der Waals surface area contributed by atoms with Gasteiger partial charge in [-0.3, -0.25) is 14.2 Å². The number of amides is 1. The van der Waals surface area contributed by atoms with Crippen molar-refractivity contribution in [3.63, 3.8) is 0 Å². The molecule has 1 saturated carbocycles. The van der Waals surface area contributed by atoms with Crippen LogP contribution in [0, 0.1) is 0 Å². The molecule has 2 heterocycles. The molecule has 6 nitrogen and oxygen atoms in total. The first-order chi connectivity index (χ1) is 10.1. The molecule has 3 rings (SSSR count). The molecular weight excluding hydrogens is 290 g/mol. The number of nitrogens with zero attached hydrogens (tertiary/aromatic N) is 3. The van der Waals surface area contributed by atoms with Gasteiger partial charge < -0.3 is 10.0 Å². The SMILES string of the molecule is CN(C(=O)c1cnc2n(c1=O)CCS2)C1CCCCC1O. The van der Waals surface area contributed by atoms with Gasteiger partial charge in [0.1, 0.15) is 5.56 Å². The van der Waals surface area contributed by atoms with Gasteiger partial charge in [-0.15, -0.1) is 0 Å². The maximum Gasteiger partial charge on any atom is 0.267 e. The number of hydrogen-bond donors (Lipinski definition) is 1. The van der Waals surface area contributed by atoms with Crippen LogP contribution in [-0.4, -0.2) is 50.4 Å². The Hall–Kier alpha value is -1.34. The van der Waals surface area contributed by atoms with Crippen LogP contribution in [0.1, 0.15) is 36.0 Å². The van der Waals surface area contributed by atoms with Crippen molar-refractivity contribution in [2.75, 3.05) is 12.8 Å². The molecule has 0 aromatic carbocycles. The molecule has 1 aromatic heterocycles. The predicted molar refractivity (Wildman–Crippen MR) is 79.6 cm³/mol. The first-order valence-electron chi connectivity index (χ1n) is 7.27. The van der Waals surface area contributed by atoms with Crippen LogP contribution < -0.4 is 5.56 Å². The Morgan fingerprint density at radius 1 is 1.48 bits per heavy atom. The molecule has 0 spiro atoms. The third kappa shape index (κ3) is 2.60. The van der Waals surface area contributed by atoms with Crippen molar-refractivity contribution < 1.29 is 9.90 Å². The quantitative estimate of drug-likeness (QED) is 0.815. The van der Waals surface area contributed by atoms with E-state index in [4.69, 9.17) is 0 Å². The fraction of sp³-hybridized carbons (Fsp3) is 0.643. The molecule has 1 aromatic rings. The lowest BCUT2D eigenvalue weighted by Crippen LogP contribution is -2.47. The lowest BCUT2D eigenvalue weighted by molar-refractivity contribution is 0.0266. The smallest absolute Gasteiger partial charge is 0.267 e. The van der Waals surface area contributed by atoms with E-state index in [1.807, 2.05) is 0 Å². The molecule has 2 atom stereocenters. The summed E-state index contributed by atoms with van der Waals surface area (Å²) in [5.41, 5.74) is -0.173. The number of carbonyl (C=O) groups is 1. The van der Waals surface area contributed by atoms with E-state index in [9.17, 15) is 14.7 Å². The van der Waals surface area contributed by atoms with Crippen molar-refractivity contribution in [1.82, 2.24) is 14.5 Å². The third-order valence-corrected chi connectivity index (χ3v) is 5.27. The van der Waals surface area contributed by atoms with Crippen LogP contribution in [0.4, 0.5) is 0 Å². The maximum absolute atomic E-state index is 12.6. The Kier molecular flexibility index (Phi) is 4.03. The minimum Gasteiger partial charge on any atom is -0.391 e. The van der Waals surface area contributed by atoms with Gasteiger partial charge in [-0.25, -0.2) is 4.98 Å². The number of likely N-dealkylation sites (N-methyl/N-ethyl adjacent to an activating group) is 1. The highest BCUT2D eigenvalue weighted by atomic mass is 32.2. The van der Waals surface area contributed by atoms with Crippen molar-refractivity contribution in [2.24, 2.45) is 0 Å². The van der Waals surface area contributed by atoms with Crippen LogP contribution in [-0.2, 0) is 6.54 Å². The standard InChI is InChI=1S/C14H19N3O3S/c1-16(10-4-2-3-5-11(10)18)12(19)9-8-15-14-17(13(9)20)6-7-21-14/h8,10-11,18H,2-7H2,1H3. The zero-order chi connectivity index (χ0) is 15.0. The van der Waals surface area contributed by atoms with Gasteiger partial charge in [-0.2, -0.15) is 0 Å². The number of aliphatic hydroxyl groups is 1. The first kappa shape index (κ1) is 14.6. The van der Waals surface area contributed by atoms with E-state index >= 15 is 0 Å². The average molecular weight is 309 g/mol. The average Bonchev–Trinajstić information content (AvgIpc) is 2.96. The van der Waals surface area contributed by atoms with E-state index in [0.29, 0.717) is 18.1 Å². The highest BCUT2D eigenvalue weighted by Gasteiger charge is 2.31. The molecule has 1 amide bonds. The first-order valence-corrected chi connectivity index (χ1v) is 8.26. The number of carbonyl (C=O) groups excluding carboxylic acids is 1.